The highest BCUT2D eigenvalue weighted by Gasteiger charge is 2.25. The molecule has 0 bridgehead atoms. The maximum absolute atomic E-state index is 12.4. The molecule has 3 atom stereocenters. The lowest BCUT2D eigenvalue weighted by Crippen LogP contribution is -2.41. The number of nitrogens with one attached hydrogen (secondary N) is 2. The van der Waals surface area contributed by atoms with Crippen molar-refractivity contribution in [1.82, 2.24) is 10.6 Å². The standard InChI is InChI=1S/C33H54N2O15S/c1-3-25(36)9-6-4-5-8-23(31(41)42)21-27(38)22-50-18-17-49-16-15-34-29(39)14-11-24(32(43)44)20-26(37)12-13-28(33(45)46)35-30(40)10-7-19-51(2,47)48/h23-24,28H,3-22H2,1-2H3,(H,34,39)(H,35,40)(H,41,42)(H,43,44)(H,45,46). The number of ether oxygens (including phenoxy) is 2. The number of hydrogen-bond acceptors (Lipinski definition) is 12. The van der Waals surface area contributed by atoms with Gasteiger partial charge in [0, 0.05) is 57.7 Å². The van der Waals surface area contributed by atoms with Gasteiger partial charge in [0.25, 0.3) is 0 Å². The number of sulfone groups is 1. The summed E-state index contributed by atoms with van der Waals surface area (Å²) in [7, 11) is -3.29. The molecule has 0 rings (SSSR count). The molecule has 0 aliphatic heterocycles. The zero-order chi connectivity index (χ0) is 38.8. The molecule has 51 heavy (non-hydrogen) atoms. The Bertz CT molecular complexity index is 1270. The van der Waals surface area contributed by atoms with E-state index >= 15 is 0 Å². The van der Waals surface area contributed by atoms with Crippen molar-refractivity contribution in [2.75, 3.05) is 45.0 Å². The van der Waals surface area contributed by atoms with Crippen molar-refractivity contribution in [3.63, 3.8) is 0 Å². The van der Waals surface area contributed by atoms with Crippen molar-refractivity contribution >= 4 is 56.9 Å². The Morgan fingerprint density at radius 3 is 1.86 bits per heavy atom. The van der Waals surface area contributed by atoms with Crippen LogP contribution in [0, 0.1) is 11.8 Å². The summed E-state index contributed by atoms with van der Waals surface area (Å²) in [6, 6.07) is -1.42. The fourth-order valence-corrected chi connectivity index (χ4v) is 5.46. The highest BCUT2D eigenvalue weighted by molar-refractivity contribution is 7.90. The predicted octanol–water partition coefficient (Wildman–Crippen LogP) is 1.34. The summed E-state index contributed by atoms with van der Waals surface area (Å²) in [5.74, 6) is -7.94. The van der Waals surface area contributed by atoms with Crippen LogP contribution < -0.4 is 10.6 Å². The number of aliphatic carboxylic acids is 3. The molecule has 0 aromatic heterocycles. The molecule has 0 saturated heterocycles. The number of carbonyl (C=O) groups excluding carboxylic acids is 5. The Kier molecular flexibility index (Phi) is 25.0. The van der Waals surface area contributed by atoms with Gasteiger partial charge >= 0.3 is 17.9 Å². The van der Waals surface area contributed by atoms with Crippen molar-refractivity contribution in [2.45, 2.75) is 103 Å². The maximum Gasteiger partial charge on any atom is 0.326 e. The number of unbranched alkanes of at least 4 members (excludes halogenated alkanes) is 2. The first-order chi connectivity index (χ1) is 23.9. The van der Waals surface area contributed by atoms with E-state index in [2.05, 4.69) is 10.6 Å². The Balaban J connectivity index is 4.26. The van der Waals surface area contributed by atoms with Crippen LogP contribution in [0.1, 0.15) is 96.8 Å². The molecule has 0 aliphatic rings. The summed E-state index contributed by atoms with van der Waals surface area (Å²) in [6.45, 7) is 1.86. The van der Waals surface area contributed by atoms with E-state index in [4.69, 9.17) is 9.47 Å². The van der Waals surface area contributed by atoms with Crippen LogP contribution in [-0.4, -0.2) is 122 Å². The molecule has 5 N–H and O–H groups in total. The molecule has 17 nitrogen and oxygen atoms in total. The molecule has 292 valence electrons. The van der Waals surface area contributed by atoms with E-state index in [-0.39, 0.29) is 95.2 Å². The minimum atomic E-state index is -3.29. The van der Waals surface area contributed by atoms with Gasteiger partial charge in [-0.25, -0.2) is 13.2 Å². The Morgan fingerprint density at radius 1 is 0.627 bits per heavy atom. The van der Waals surface area contributed by atoms with Crippen LogP contribution in [0.4, 0.5) is 0 Å². The SMILES string of the molecule is CCC(=O)CCCCCC(CC(=O)COCCOCCNC(=O)CCC(CC(=O)CCC(NC(=O)CCCS(C)(=O)=O)C(=O)O)C(=O)O)C(=O)O. The van der Waals surface area contributed by atoms with Gasteiger partial charge in [-0.15, -0.1) is 0 Å². The van der Waals surface area contributed by atoms with E-state index in [0.717, 1.165) is 6.26 Å². The van der Waals surface area contributed by atoms with E-state index in [1.165, 1.54) is 0 Å². The molecular weight excluding hydrogens is 696 g/mol. The van der Waals surface area contributed by atoms with Crippen LogP contribution >= 0.6 is 0 Å². The van der Waals surface area contributed by atoms with Crippen molar-refractivity contribution < 1.29 is 71.6 Å². The quantitative estimate of drug-likeness (QED) is 0.0592. The third-order valence-corrected chi connectivity index (χ3v) is 8.77. The third kappa shape index (κ3) is 26.7. The normalized spacial score (nSPS) is 13.1. The van der Waals surface area contributed by atoms with Crippen molar-refractivity contribution in [2.24, 2.45) is 11.8 Å². The molecule has 3 unspecified atom stereocenters. The number of carboxylic acid groups (broad SMARTS) is 3. The highest BCUT2D eigenvalue weighted by Crippen LogP contribution is 2.17. The first kappa shape index (κ1) is 47.2. The first-order valence-electron chi connectivity index (χ1n) is 17.1. The number of ketones is 3. The van der Waals surface area contributed by atoms with Crippen LogP contribution in [0.2, 0.25) is 0 Å². The first-order valence-corrected chi connectivity index (χ1v) is 19.1. The Labute approximate surface area is 298 Å². The van der Waals surface area contributed by atoms with Gasteiger partial charge in [-0.05, 0) is 32.1 Å². The number of rotatable bonds is 33. The topological polar surface area (TPSA) is 274 Å². The summed E-state index contributed by atoms with van der Waals surface area (Å²) >= 11 is 0. The summed E-state index contributed by atoms with van der Waals surface area (Å²) in [5.41, 5.74) is 0. The number of Topliss-reactive ketones (excluding diaryl/α,β-unsaturated/α-hetero) is 3. The zero-order valence-corrected chi connectivity index (χ0v) is 30.3. The Morgan fingerprint density at radius 2 is 1.25 bits per heavy atom. The molecule has 0 heterocycles. The average molecular weight is 751 g/mol. The molecule has 18 heteroatoms. The molecular formula is C33H54N2O15S. The van der Waals surface area contributed by atoms with Gasteiger partial charge < -0.3 is 35.4 Å². The summed E-state index contributed by atoms with van der Waals surface area (Å²) in [6.07, 6.45) is 2.50. The lowest BCUT2D eigenvalue weighted by atomic mass is 9.94. The minimum absolute atomic E-state index is 0.00161. The second kappa shape index (κ2) is 27.0. The molecule has 0 radical (unpaired) electrons. The van der Waals surface area contributed by atoms with Gasteiger partial charge in [-0.1, -0.05) is 19.8 Å². The van der Waals surface area contributed by atoms with Crippen LogP contribution in [0.3, 0.4) is 0 Å². The fourth-order valence-electron chi connectivity index (χ4n) is 4.79. The molecule has 0 saturated carbocycles. The van der Waals surface area contributed by atoms with E-state index < -0.39 is 69.6 Å². The van der Waals surface area contributed by atoms with Crippen molar-refractivity contribution in [3.8, 4) is 0 Å². The lowest BCUT2D eigenvalue weighted by Gasteiger charge is -2.15. The van der Waals surface area contributed by atoms with Gasteiger partial charge in [0.1, 0.15) is 34.1 Å². The third-order valence-electron chi connectivity index (χ3n) is 7.74. The number of carbonyl (C=O) groups is 8. The lowest BCUT2D eigenvalue weighted by molar-refractivity contribution is -0.145. The summed E-state index contributed by atoms with van der Waals surface area (Å²) in [5, 5.41) is 33.0. The molecule has 0 fully saturated rings. The van der Waals surface area contributed by atoms with E-state index in [0.29, 0.717) is 38.5 Å². The van der Waals surface area contributed by atoms with Gasteiger partial charge in [0.15, 0.2) is 5.78 Å². The van der Waals surface area contributed by atoms with E-state index in [9.17, 15) is 62.1 Å². The molecule has 0 aliphatic carbocycles. The van der Waals surface area contributed by atoms with Crippen LogP contribution in [0.15, 0.2) is 0 Å². The molecule has 0 aromatic carbocycles. The largest absolute Gasteiger partial charge is 0.481 e. The van der Waals surface area contributed by atoms with E-state index in [1.807, 2.05) is 0 Å². The number of hydrogen-bond donors (Lipinski definition) is 5. The van der Waals surface area contributed by atoms with Crippen molar-refractivity contribution in [3.05, 3.63) is 0 Å². The molecule has 0 spiro atoms. The van der Waals surface area contributed by atoms with Gasteiger partial charge in [-0.3, -0.25) is 33.6 Å². The second-order valence-electron chi connectivity index (χ2n) is 12.3. The van der Waals surface area contributed by atoms with Crippen LogP contribution in [-0.2, 0) is 57.7 Å². The monoisotopic (exact) mass is 750 g/mol. The summed E-state index contributed by atoms with van der Waals surface area (Å²) < 4.78 is 32.9. The van der Waals surface area contributed by atoms with Crippen LogP contribution in [0.5, 0.6) is 0 Å². The van der Waals surface area contributed by atoms with Crippen LogP contribution in [0.25, 0.3) is 0 Å². The molecule has 0 aromatic rings. The van der Waals surface area contributed by atoms with Gasteiger partial charge in [-0.2, -0.15) is 0 Å². The smallest absolute Gasteiger partial charge is 0.326 e. The number of amides is 2. The maximum atomic E-state index is 12.4. The van der Waals surface area contributed by atoms with Gasteiger partial charge in [0.2, 0.25) is 11.8 Å². The average Bonchev–Trinajstić information content (AvgIpc) is 3.04. The summed E-state index contributed by atoms with van der Waals surface area (Å²) in [4.78, 5) is 94.6. The predicted molar refractivity (Wildman–Crippen MR) is 182 cm³/mol. The molecule has 2 amide bonds. The van der Waals surface area contributed by atoms with E-state index in [1.54, 1.807) is 6.92 Å². The fraction of sp³-hybridized carbons (Fsp3) is 0.758. The number of carboxylic acids is 3. The second-order valence-corrected chi connectivity index (χ2v) is 14.6. The highest BCUT2D eigenvalue weighted by atomic mass is 32.2. The minimum Gasteiger partial charge on any atom is -0.481 e. The zero-order valence-electron chi connectivity index (χ0n) is 29.5. The Hall–Kier alpha value is -3.77. The van der Waals surface area contributed by atoms with Crippen molar-refractivity contribution in [1.29, 1.82) is 0 Å². The van der Waals surface area contributed by atoms with Gasteiger partial charge in [0.05, 0.1) is 37.4 Å².